The van der Waals surface area contributed by atoms with Crippen LogP contribution in [0.1, 0.15) is 50.5 Å². The van der Waals surface area contributed by atoms with Crippen LogP contribution >= 0.6 is 0 Å². The Bertz CT molecular complexity index is 596. The molecule has 0 spiro atoms. The largest absolute Gasteiger partial charge is 0.388 e. The van der Waals surface area contributed by atoms with Gasteiger partial charge < -0.3 is 15.3 Å². The third kappa shape index (κ3) is 4.60. The van der Waals surface area contributed by atoms with E-state index >= 15 is 0 Å². The molecule has 5 heteroatoms. The molecule has 2 amide bonds. The van der Waals surface area contributed by atoms with Gasteiger partial charge in [-0.15, -0.1) is 0 Å². The minimum Gasteiger partial charge on any atom is -0.388 e. The Balaban J connectivity index is 1.55. The zero-order valence-corrected chi connectivity index (χ0v) is 14.7. The van der Waals surface area contributed by atoms with E-state index in [0.717, 1.165) is 44.1 Å². The molecule has 136 valence electrons. The van der Waals surface area contributed by atoms with Gasteiger partial charge in [-0.05, 0) is 31.2 Å². The van der Waals surface area contributed by atoms with Crippen molar-refractivity contribution in [2.45, 2.75) is 63.0 Å². The van der Waals surface area contributed by atoms with Crippen molar-refractivity contribution in [3.63, 3.8) is 0 Å². The first-order valence-electron chi connectivity index (χ1n) is 9.41. The average Bonchev–Trinajstić information content (AvgIpc) is 3.11. The van der Waals surface area contributed by atoms with Crippen LogP contribution in [0.5, 0.6) is 0 Å². The van der Waals surface area contributed by atoms with Gasteiger partial charge in [-0.2, -0.15) is 0 Å². The van der Waals surface area contributed by atoms with E-state index < -0.39 is 11.6 Å². The number of amides is 2. The molecule has 2 N–H and O–H groups in total. The molecule has 0 radical (unpaired) electrons. The second-order valence-corrected chi connectivity index (χ2v) is 7.41. The highest BCUT2D eigenvalue weighted by atomic mass is 16.3. The zero-order chi connectivity index (χ0) is 17.7. The van der Waals surface area contributed by atoms with E-state index in [1.807, 2.05) is 30.3 Å². The Morgan fingerprint density at radius 2 is 1.84 bits per heavy atom. The van der Waals surface area contributed by atoms with Crippen LogP contribution in [0.3, 0.4) is 0 Å². The van der Waals surface area contributed by atoms with Gasteiger partial charge in [0.1, 0.15) is 6.04 Å². The Morgan fingerprint density at radius 3 is 2.56 bits per heavy atom. The van der Waals surface area contributed by atoms with Gasteiger partial charge in [0.2, 0.25) is 11.8 Å². The molecule has 25 heavy (non-hydrogen) atoms. The van der Waals surface area contributed by atoms with Gasteiger partial charge in [-0.25, -0.2) is 0 Å². The number of hydrogen-bond acceptors (Lipinski definition) is 3. The van der Waals surface area contributed by atoms with E-state index in [1.54, 1.807) is 4.90 Å². The van der Waals surface area contributed by atoms with Crippen molar-refractivity contribution in [3.8, 4) is 0 Å². The summed E-state index contributed by atoms with van der Waals surface area (Å²) in [5, 5.41) is 13.4. The number of likely N-dealkylation sites (tertiary alicyclic amines) is 1. The molecule has 5 nitrogen and oxygen atoms in total. The van der Waals surface area contributed by atoms with Crippen LogP contribution in [0.2, 0.25) is 0 Å². The molecule has 2 aliphatic rings. The molecule has 1 atom stereocenters. The van der Waals surface area contributed by atoms with Gasteiger partial charge in [-0.1, -0.05) is 49.6 Å². The summed E-state index contributed by atoms with van der Waals surface area (Å²) in [7, 11) is 0. The van der Waals surface area contributed by atoms with E-state index in [9.17, 15) is 14.7 Å². The highest BCUT2D eigenvalue weighted by Crippen LogP contribution is 2.27. The first-order chi connectivity index (χ1) is 12.1. The Morgan fingerprint density at radius 1 is 1.12 bits per heavy atom. The highest BCUT2D eigenvalue weighted by Gasteiger charge is 2.36. The summed E-state index contributed by atoms with van der Waals surface area (Å²) in [5.74, 6) is -0.127. The lowest BCUT2D eigenvalue weighted by Crippen LogP contribution is -2.51. The maximum Gasteiger partial charge on any atom is 0.242 e. The quantitative estimate of drug-likeness (QED) is 0.859. The molecule has 1 heterocycles. The third-order valence-electron chi connectivity index (χ3n) is 5.45. The van der Waals surface area contributed by atoms with Crippen LogP contribution in [-0.4, -0.2) is 46.6 Å². The summed E-state index contributed by atoms with van der Waals surface area (Å²) in [6.07, 6.45) is 6.54. The normalized spacial score (nSPS) is 22.6. The van der Waals surface area contributed by atoms with E-state index in [-0.39, 0.29) is 11.8 Å². The van der Waals surface area contributed by atoms with E-state index in [4.69, 9.17) is 0 Å². The summed E-state index contributed by atoms with van der Waals surface area (Å²) in [6, 6.07) is 9.23. The summed E-state index contributed by atoms with van der Waals surface area (Å²) in [5.41, 5.74) is 0.195. The predicted molar refractivity (Wildman–Crippen MR) is 95.9 cm³/mol. The molecule has 1 aliphatic carbocycles. The number of rotatable bonds is 5. The summed E-state index contributed by atoms with van der Waals surface area (Å²) >= 11 is 0. The van der Waals surface area contributed by atoms with Crippen molar-refractivity contribution in [2.75, 3.05) is 13.1 Å². The fourth-order valence-electron chi connectivity index (χ4n) is 3.97. The van der Waals surface area contributed by atoms with E-state index in [1.165, 1.54) is 0 Å². The van der Waals surface area contributed by atoms with Gasteiger partial charge in [-0.3, -0.25) is 9.59 Å². The monoisotopic (exact) mass is 344 g/mol. The van der Waals surface area contributed by atoms with Crippen LogP contribution in [0, 0.1) is 0 Å². The van der Waals surface area contributed by atoms with E-state index in [2.05, 4.69) is 5.32 Å². The number of carbonyl (C=O) groups is 2. The van der Waals surface area contributed by atoms with E-state index in [0.29, 0.717) is 25.9 Å². The smallest absolute Gasteiger partial charge is 0.242 e. The standard InChI is InChI=1S/C20H28N2O3/c23-18(14-16-8-3-1-4-9-16)22-13-7-10-17(22)19(24)21-15-20(25)11-5-2-6-12-20/h1,3-4,8-9,17,25H,2,5-7,10-15H2,(H,21,24). The highest BCUT2D eigenvalue weighted by molar-refractivity contribution is 5.89. The molecule has 1 aromatic carbocycles. The second-order valence-electron chi connectivity index (χ2n) is 7.41. The van der Waals surface area contributed by atoms with Crippen LogP contribution in [0.4, 0.5) is 0 Å². The Labute approximate surface area is 149 Å². The lowest BCUT2D eigenvalue weighted by molar-refractivity contribution is -0.138. The first kappa shape index (κ1) is 17.9. The van der Waals surface area contributed by atoms with Crippen LogP contribution in [0.25, 0.3) is 0 Å². The minimum atomic E-state index is -0.772. The second kappa shape index (κ2) is 8.00. The number of carbonyl (C=O) groups excluding carboxylic acids is 2. The predicted octanol–water partition coefficient (Wildman–Crippen LogP) is 2.03. The molecule has 1 aromatic rings. The molecular weight excluding hydrogens is 316 g/mol. The topological polar surface area (TPSA) is 69.6 Å². The Hall–Kier alpha value is -1.88. The van der Waals surface area contributed by atoms with Crippen molar-refractivity contribution in [2.24, 2.45) is 0 Å². The number of nitrogens with zero attached hydrogens (tertiary/aromatic N) is 1. The Kier molecular flexibility index (Phi) is 5.74. The molecule has 0 aromatic heterocycles. The molecule has 1 aliphatic heterocycles. The maximum atomic E-state index is 12.6. The van der Waals surface area contributed by atoms with Crippen molar-refractivity contribution in [3.05, 3.63) is 35.9 Å². The fraction of sp³-hybridized carbons (Fsp3) is 0.600. The number of benzene rings is 1. The van der Waals surface area contributed by atoms with Gasteiger partial charge in [0.05, 0.1) is 12.0 Å². The fourth-order valence-corrected chi connectivity index (χ4v) is 3.97. The molecule has 1 saturated carbocycles. The van der Waals surface area contributed by atoms with Gasteiger partial charge in [0.15, 0.2) is 0 Å². The zero-order valence-electron chi connectivity index (χ0n) is 14.7. The molecule has 1 unspecified atom stereocenters. The average molecular weight is 344 g/mol. The molecule has 1 saturated heterocycles. The van der Waals surface area contributed by atoms with Crippen molar-refractivity contribution in [1.29, 1.82) is 0 Å². The van der Waals surface area contributed by atoms with Crippen molar-refractivity contribution < 1.29 is 14.7 Å². The third-order valence-corrected chi connectivity index (χ3v) is 5.45. The van der Waals surface area contributed by atoms with Crippen molar-refractivity contribution in [1.82, 2.24) is 10.2 Å². The lowest BCUT2D eigenvalue weighted by Gasteiger charge is -2.33. The lowest BCUT2D eigenvalue weighted by atomic mass is 9.85. The SMILES string of the molecule is O=C(NCC1(O)CCCCC1)C1CCCN1C(=O)Cc1ccccc1. The molecular formula is C20H28N2O3. The maximum absolute atomic E-state index is 12.6. The molecule has 3 rings (SSSR count). The summed E-state index contributed by atoms with van der Waals surface area (Å²) < 4.78 is 0. The van der Waals surface area contributed by atoms with Gasteiger partial charge in [0, 0.05) is 13.1 Å². The van der Waals surface area contributed by atoms with Crippen molar-refractivity contribution >= 4 is 11.8 Å². The summed E-state index contributed by atoms with van der Waals surface area (Å²) in [4.78, 5) is 26.9. The van der Waals surface area contributed by atoms with Gasteiger partial charge in [0.25, 0.3) is 0 Å². The number of nitrogens with one attached hydrogen (secondary N) is 1. The minimum absolute atomic E-state index is 0.000211. The van der Waals surface area contributed by atoms with Crippen LogP contribution in [-0.2, 0) is 16.0 Å². The molecule has 2 fully saturated rings. The number of hydrogen-bond donors (Lipinski definition) is 2. The molecule has 0 bridgehead atoms. The summed E-state index contributed by atoms with van der Waals surface area (Å²) in [6.45, 7) is 0.928. The van der Waals surface area contributed by atoms with Crippen LogP contribution < -0.4 is 5.32 Å². The van der Waals surface area contributed by atoms with Crippen LogP contribution in [0.15, 0.2) is 30.3 Å². The number of aliphatic hydroxyl groups is 1. The van der Waals surface area contributed by atoms with Gasteiger partial charge >= 0.3 is 0 Å². The first-order valence-corrected chi connectivity index (χ1v) is 9.41.